The molecule has 0 spiro atoms. The van der Waals surface area contributed by atoms with E-state index in [9.17, 15) is 0 Å². The Morgan fingerprint density at radius 1 is 1.33 bits per heavy atom. The van der Waals surface area contributed by atoms with Crippen molar-refractivity contribution in [2.75, 3.05) is 20.1 Å². The van der Waals surface area contributed by atoms with E-state index in [-0.39, 0.29) is 5.54 Å². The number of hydrogen-bond donors (Lipinski definition) is 1. The minimum absolute atomic E-state index is 0.158. The molecule has 2 atom stereocenters. The van der Waals surface area contributed by atoms with Crippen LogP contribution >= 0.6 is 11.3 Å². The molecule has 4 rings (SSSR count). The van der Waals surface area contributed by atoms with Gasteiger partial charge in [-0.2, -0.15) is 0 Å². The van der Waals surface area contributed by atoms with E-state index in [0.717, 1.165) is 0 Å². The van der Waals surface area contributed by atoms with Crippen LogP contribution in [0.1, 0.15) is 41.3 Å². The van der Waals surface area contributed by atoms with Crippen molar-refractivity contribution >= 4 is 11.3 Å². The van der Waals surface area contributed by atoms with Gasteiger partial charge in [0.2, 0.25) is 0 Å². The van der Waals surface area contributed by atoms with Crippen LogP contribution in [0.3, 0.4) is 0 Å². The molecule has 3 nitrogen and oxygen atoms in total. The van der Waals surface area contributed by atoms with Gasteiger partial charge in [0, 0.05) is 17.5 Å². The van der Waals surface area contributed by atoms with Crippen LogP contribution in [0.25, 0.3) is 0 Å². The topological polar surface area (TPSA) is 28.2 Å². The highest BCUT2D eigenvalue weighted by Crippen LogP contribution is 2.45. The van der Waals surface area contributed by atoms with Gasteiger partial charge in [0.15, 0.2) is 0 Å². The minimum Gasteiger partial charge on any atom is -0.307 e. The molecule has 1 aromatic heterocycles. The van der Waals surface area contributed by atoms with Gasteiger partial charge < -0.3 is 5.32 Å². The first-order valence-electron chi connectivity index (χ1n) is 7.25. The Labute approximate surface area is 113 Å². The van der Waals surface area contributed by atoms with Gasteiger partial charge in [-0.15, -0.1) is 11.3 Å². The van der Waals surface area contributed by atoms with Crippen LogP contribution in [0.4, 0.5) is 0 Å². The van der Waals surface area contributed by atoms with Crippen LogP contribution in [-0.4, -0.2) is 36.1 Å². The van der Waals surface area contributed by atoms with E-state index < -0.39 is 0 Å². The van der Waals surface area contributed by atoms with Gasteiger partial charge in [-0.3, -0.25) is 4.90 Å². The number of fused-ring (bicyclic) bond motifs is 2. The lowest BCUT2D eigenvalue weighted by molar-refractivity contribution is 0.235. The van der Waals surface area contributed by atoms with Crippen molar-refractivity contribution < 1.29 is 0 Å². The second-order valence-corrected chi connectivity index (χ2v) is 6.99. The van der Waals surface area contributed by atoms with Gasteiger partial charge in [0.1, 0.15) is 5.01 Å². The van der Waals surface area contributed by atoms with Crippen molar-refractivity contribution in [3.8, 4) is 0 Å². The average molecular weight is 263 g/mol. The molecule has 98 valence electrons. The van der Waals surface area contributed by atoms with E-state index in [1.54, 1.807) is 4.88 Å². The summed E-state index contributed by atoms with van der Waals surface area (Å²) in [5.41, 5.74) is 1.56. The van der Waals surface area contributed by atoms with Gasteiger partial charge >= 0.3 is 0 Å². The van der Waals surface area contributed by atoms with Gasteiger partial charge in [-0.1, -0.05) is 0 Å². The summed E-state index contributed by atoms with van der Waals surface area (Å²) in [5.74, 6) is 0. The first kappa shape index (κ1) is 11.4. The summed E-state index contributed by atoms with van der Waals surface area (Å²) in [7, 11) is 2.13. The summed E-state index contributed by atoms with van der Waals surface area (Å²) in [6.07, 6.45) is 7.72. The molecule has 0 saturated carbocycles. The molecule has 1 aliphatic carbocycles. The third-order valence-corrected chi connectivity index (χ3v) is 6.48. The molecule has 0 radical (unpaired) electrons. The molecule has 0 bridgehead atoms. The molecule has 2 fully saturated rings. The summed E-state index contributed by atoms with van der Waals surface area (Å²) in [4.78, 5) is 9.24. The maximum absolute atomic E-state index is 5.01. The number of likely N-dealkylation sites (N-methyl/N-ethyl adjacent to an activating group) is 1. The molecule has 2 unspecified atom stereocenters. The molecule has 0 amide bonds. The van der Waals surface area contributed by atoms with E-state index >= 15 is 0 Å². The number of aryl methyl sites for hydroxylation is 2. The smallest absolute Gasteiger partial charge is 0.115 e. The number of aromatic nitrogens is 1. The van der Waals surface area contributed by atoms with Gasteiger partial charge in [-0.05, 0) is 52.1 Å². The van der Waals surface area contributed by atoms with Gasteiger partial charge in [0.05, 0.1) is 11.2 Å². The fraction of sp³-hybridized carbons (Fsp3) is 0.786. The van der Waals surface area contributed by atoms with Crippen molar-refractivity contribution in [1.29, 1.82) is 0 Å². The van der Waals surface area contributed by atoms with Crippen LogP contribution in [0.15, 0.2) is 0 Å². The van der Waals surface area contributed by atoms with Crippen molar-refractivity contribution in [3.63, 3.8) is 0 Å². The maximum Gasteiger partial charge on any atom is 0.115 e. The first-order chi connectivity index (χ1) is 8.83. The van der Waals surface area contributed by atoms with Crippen molar-refractivity contribution in [2.24, 2.45) is 0 Å². The predicted octanol–water partition coefficient (Wildman–Crippen LogP) is 1.91. The van der Waals surface area contributed by atoms with Crippen molar-refractivity contribution in [2.45, 2.75) is 50.1 Å². The lowest BCUT2D eigenvalue weighted by Crippen LogP contribution is -2.48. The van der Waals surface area contributed by atoms with Crippen LogP contribution in [-0.2, 0) is 18.4 Å². The number of nitrogens with one attached hydrogen (secondary N) is 1. The Hall–Kier alpha value is -0.450. The van der Waals surface area contributed by atoms with Crippen LogP contribution in [0.2, 0.25) is 0 Å². The fourth-order valence-electron chi connectivity index (χ4n) is 4.17. The second-order valence-electron chi connectivity index (χ2n) is 5.91. The van der Waals surface area contributed by atoms with E-state index in [1.165, 1.54) is 62.3 Å². The molecule has 4 heteroatoms. The Bertz CT molecular complexity index is 448. The summed E-state index contributed by atoms with van der Waals surface area (Å²) in [6.45, 7) is 2.54. The molecular formula is C14H21N3S. The molecule has 2 aliphatic heterocycles. The molecule has 0 aromatic carbocycles. The SMILES string of the molecule is CNC1(c2nc3c(s2)CCC3)CCN2CCCC21. The minimum atomic E-state index is 0.158. The summed E-state index contributed by atoms with van der Waals surface area (Å²) < 4.78 is 0. The molecule has 1 aromatic rings. The quantitative estimate of drug-likeness (QED) is 0.883. The van der Waals surface area contributed by atoms with Crippen LogP contribution in [0, 0.1) is 0 Å². The van der Waals surface area contributed by atoms with Crippen molar-refractivity contribution in [3.05, 3.63) is 15.6 Å². The number of thiazole rings is 1. The monoisotopic (exact) mass is 263 g/mol. The number of rotatable bonds is 2. The Kier molecular flexibility index (Phi) is 2.54. The van der Waals surface area contributed by atoms with E-state index in [2.05, 4.69) is 17.3 Å². The first-order valence-corrected chi connectivity index (χ1v) is 8.07. The fourth-order valence-corrected chi connectivity index (χ4v) is 5.59. The lowest BCUT2D eigenvalue weighted by Gasteiger charge is -2.33. The highest BCUT2D eigenvalue weighted by atomic mass is 32.1. The molecule has 1 N–H and O–H groups in total. The molecule has 18 heavy (non-hydrogen) atoms. The molecule has 3 heterocycles. The predicted molar refractivity (Wildman–Crippen MR) is 74.1 cm³/mol. The highest BCUT2D eigenvalue weighted by molar-refractivity contribution is 7.12. The van der Waals surface area contributed by atoms with Gasteiger partial charge in [-0.25, -0.2) is 4.98 Å². The normalized spacial score (nSPS) is 35.1. The second kappa shape index (κ2) is 4.02. The standard InChI is InChI=1S/C14H21N3S/c1-15-14(7-9-17-8-3-6-12(14)17)13-16-10-4-2-5-11(10)18-13/h12,15H,2-9H2,1H3. The zero-order chi connectivity index (χ0) is 12.2. The number of nitrogens with zero attached hydrogens (tertiary/aromatic N) is 2. The van der Waals surface area contributed by atoms with E-state index in [1.807, 2.05) is 11.3 Å². The molecule has 2 saturated heterocycles. The molecular weight excluding hydrogens is 242 g/mol. The Balaban J connectivity index is 1.75. The lowest BCUT2D eigenvalue weighted by atomic mass is 9.89. The number of hydrogen-bond acceptors (Lipinski definition) is 4. The van der Waals surface area contributed by atoms with E-state index in [4.69, 9.17) is 4.98 Å². The Morgan fingerprint density at radius 2 is 2.28 bits per heavy atom. The summed E-state index contributed by atoms with van der Waals surface area (Å²) in [5, 5.41) is 5.04. The Morgan fingerprint density at radius 3 is 3.11 bits per heavy atom. The zero-order valence-electron chi connectivity index (χ0n) is 11.0. The summed E-state index contributed by atoms with van der Waals surface area (Å²) >= 11 is 1.99. The van der Waals surface area contributed by atoms with Crippen molar-refractivity contribution in [1.82, 2.24) is 15.2 Å². The third kappa shape index (κ3) is 1.40. The molecule has 3 aliphatic rings. The largest absolute Gasteiger partial charge is 0.307 e. The van der Waals surface area contributed by atoms with Crippen LogP contribution < -0.4 is 5.32 Å². The van der Waals surface area contributed by atoms with Crippen LogP contribution in [0.5, 0.6) is 0 Å². The highest BCUT2D eigenvalue weighted by Gasteiger charge is 2.51. The maximum atomic E-state index is 5.01. The third-order valence-electron chi connectivity index (χ3n) is 5.15. The van der Waals surface area contributed by atoms with E-state index in [0.29, 0.717) is 6.04 Å². The summed E-state index contributed by atoms with van der Waals surface area (Å²) in [6, 6.07) is 0.689. The average Bonchev–Trinajstić information content (AvgIpc) is 3.08. The zero-order valence-corrected chi connectivity index (χ0v) is 11.9. The van der Waals surface area contributed by atoms with Gasteiger partial charge in [0.25, 0.3) is 0 Å².